The van der Waals surface area contributed by atoms with Gasteiger partial charge in [0, 0.05) is 11.5 Å². The van der Waals surface area contributed by atoms with Crippen LogP contribution in [-0.4, -0.2) is 12.5 Å². The van der Waals surface area contributed by atoms with Crippen LogP contribution in [0.15, 0.2) is 48.5 Å². The first-order valence-electron chi connectivity index (χ1n) is 6.72. The van der Waals surface area contributed by atoms with Gasteiger partial charge in [0.2, 0.25) is 0 Å². The van der Waals surface area contributed by atoms with E-state index in [-0.39, 0.29) is 0 Å². The lowest BCUT2D eigenvalue weighted by Crippen LogP contribution is -2.23. The second-order valence-corrected chi connectivity index (χ2v) is 5.14. The molecule has 0 radical (unpaired) electrons. The lowest BCUT2D eigenvalue weighted by atomic mass is 9.78. The fourth-order valence-electron chi connectivity index (χ4n) is 2.51. The number of rotatable bonds is 3. The minimum atomic E-state index is 0.351. The molecule has 2 aromatic carbocycles. The topological polar surface area (TPSA) is 9.23 Å². The summed E-state index contributed by atoms with van der Waals surface area (Å²) in [5.41, 5.74) is 3.81. The van der Waals surface area contributed by atoms with Crippen molar-refractivity contribution in [3.63, 3.8) is 0 Å². The molecule has 1 aliphatic carbocycles. The Kier molecular flexibility index (Phi) is 3.95. The fraction of sp³-hybridized carbons (Fsp3) is 0.222. The summed E-state index contributed by atoms with van der Waals surface area (Å²) in [4.78, 5) is 0. The normalized spacial score (nSPS) is 15.6. The molecule has 2 aromatic rings. The van der Waals surface area contributed by atoms with Crippen LogP contribution in [0.1, 0.15) is 22.6 Å². The van der Waals surface area contributed by atoms with Crippen molar-refractivity contribution in [2.75, 3.05) is 12.5 Å². The van der Waals surface area contributed by atoms with Crippen LogP contribution in [0.25, 0.3) is 0 Å². The first kappa shape index (κ1) is 13.1. The summed E-state index contributed by atoms with van der Waals surface area (Å²) in [5.74, 6) is 7.60. The Morgan fingerprint density at radius 3 is 2.90 bits per heavy atom. The van der Waals surface area contributed by atoms with Gasteiger partial charge in [-0.15, -0.1) is 11.6 Å². The third kappa shape index (κ3) is 2.81. The molecule has 3 rings (SSSR count). The van der Waals surface area contributed by atoms with E-state index < -0.39 is 0 Å². The van der Waals surface area contributed by atoms with Gasteiger partial charge in [0.05, 0.1) is 12.5 Å². The number of halogens is 1. The molecule has 0 bridgehead atoms. The fourth-order valence-corrected chi connectivity index (χ4v) is 2.57. The van der Waals surface area contributed by atoms with Gasteiger partial charge in [0.15, 0.2) is 0 Å². The maximum Gasteiger partial charge on any atom is 0.120 e. The standard InChI is InChI=1S/C18H15ClO/c19-10-4-6-14-5-3-8-17(11-14)20-13-16-12-15-7-1-2-9-18(15)16/h1-3,5,7-9,11,16H,10,12-13H2. The van der Waals surface area contributed by atoms with Crippen LogP contribution in [0.5, 0.6) is 5.75 Å². The number of benzene rings is 2. The maximum absolute atomic E-state index is 5.89. The smallest absolute Gasteiger partial charge is 0.120 e. The van der Waals surface area contributed by atoms with Crippen molar-refractivity contribution in [1.29, 1.82) is 0 Å². The Hall–Kier alpha value is -1.91. The van der Waals surface area contributed by atoms with Crippen molar-refractivity contribution in [3.05, 3.63) is 65.2 Å². The molecule has 0 spiro atoms. The van der Waals surface area contributed by atoms with Crippen LogP contribution in [0.3, 0.4) is 0 Å². The second-order valence-electron chi connectivity index (χ2n) is 4.87. The number of ether oxygens (including phenoxy) is 1. The average molecular weight is 283 g/mol. The van der Waals surface area contributed by atoms with Crippen LogP contribution in [0.2, 0.25) is 0 Å². The third-order valence-electron chi connectivity index (χ3n) is 3.55. The van der Waals surface area contributed by atoms with E-state index in [2.05, 4.69) is 36.1 Å². The van der Waals surface area contributed by atoms with Crippen molar-refractivity contribution in [2.45, 2.75) is 12.3 Å². The molecule has 1 aliphatic rings. The van der Waals surface area contributed by atoms with Crippen LogP contribution >= 0.6 is 11.6 Å². The average Bonchev–Trinajstić information content (AvgIpc) is 2.46. The highest BCUT2D eigenvalue weighted by Crippen LogP contribution is 2.35. The van der Waals surface area contributed by atoms with Crippen LogP contribution < -0.4 is 4.74 Å². The molecule has 0 N–H and O–H groups in total. The lowest BCUT2D eigenvalue weighted by molar-refractivity contribution is 0.275. The van der Waals surface area contributed by atoms with E-state index in [4.69, 9.17) is 16.3 Å². The SMILES string of the molecule is ClCC#Cc1cccc(OCC2Cc3ccccc32)c1. The van der Waals surface area contributed by atoms with Crippen LogP contribution in [0.4, 0.5) is 0 Å². The largest absolute Gasteiger partial charge is 0.493 e. The predicted molar refractivity (Wildman–Crippen MR) is 82.4 cm³/mol. The van der Waals surface area contributed by atoms with Gasteiger partial charge >= 0.3 is 0 Å². The Morgan fingerprint density at radius 1 is 1.15 bits per heavy atom. The summed E-state index contributed by atoms with van der Waals surface area (Å²) in [6, 6.07) is 16.4. The van der Waals surface area contributed by atoms with E-state index in [0.29, 0.717) is 11.8 Å². The summed E-state index contributed by atoms with van der Waals surface area (Å²) < 4.78 is 5.89. The van der Waals surface area contributed by atoms with E-state index in [1.54, 1.807) is 0 Å². The van der Waals surface area contributed by atoms with Gasteiger partial charge in [-0.1, -0.05) is 42.2 Å². The summed E-state index contributed by atoms with van der Waals surface area (Å²) in [6.45, 7) is 0.726. The molecule has 0 heterocycles. The van der Waals surface area contributed by atoms with Gasteiger partial charge < -0.3 is 4.74 Å². The van der Waals surface area contributed by atoms with Crippen molar-refractivity contribution in [3.8, 4) is 17.6 Å². The minimum absolute atomic E-state index is 0.351. The summed E-state index contributed by atoms with van der Waals surface area (Å²) >= 11 is 5.56. The highest BCUT2D eigenvalue weighted by Gasteiger charge is 2.25. The second kappa shape index (κ2) is 6.03. The molecule has 1 atom stereocenters. The van der Waals surface area contributed by atoms with Crippen molar-refractivity contribution in [1.82, 2.24) is 0 Å². The molecule has 0 aromatic heterocycles. The van der Waals surface area contributed by atoms with E-state index >= 15 is 0 Å². The molecule has 1 nitrogen and oxygen atoms in total. The van der Waals surface area contributed by atoms with Gasteiger partial charge in [-0.25, -0.2) is 0 Å². The predicted octanol–water partition coefficient (Wildman–Crippen LogP) is 4.00. The number of alkyl halides is 1. The summed E-state index contributed by atoms with van der Waals surface area (Å²) in [5, 5.41) is 0. The first-order valence-corrected chi connectivity index (χ1v) is 7.26. The Morgan fingerprint density at radius 2 is 2.05 bits per heavy atom. The molecule has 2 heteroatoms. The van der Waals surface area contributed by atoms with Gasteiger partial charge in [-0.3, -0.25) is 0 Å². The molecule has 0 fully saturated rings. The molecule has 0 saturated carbocycles. The monoisotopic (exact) mass is 282 g/mol. The quantitative estimate of drug-likeness (QED) is 0.611. The van der Waals surface area contributed by atoms with Crippen LogP contribution in [-0.2, 0) is 6.42 Å². The van der Waals surface area contributed by atoms with Gasteiger partial charge in [0.25, 0.3) is 0 Å². The number of hydrogen-bond donors (Lipinski definition) is 0. The molecule has 100 valence electrons. The highest BCUT2D eigenvalue weighted by atomic mass is 35.5. The summed E-state index contributed by atoms with van der Waals surface area (Å²) in [6.07, 6.45) is 1.11. The maximum atomic E-state index is 5.89. The molecule has 0 amide bonds. The lowest BCUT2D eigenvalue weighted by Gasteiger charge is -2.29. The zero-order chi connectivity index (χ0) is 13.8. The molecule has 0 aliphatic heterocycles. The molecular weight excluding hydrogens is 268 g/mol. The number of fused-ring (bicyclic) bond motifs is 1. The van der Waals surface area contributed by atoms with Crippen molar-refractivity contribution >= 4 is 11.6 Å². The van der Waals surface area contributed by atoms with Crippen LogP contribution in [0, 0.1) is 11.8 Å². The molecule has 1 unspecified atom stereocenters. The Labute approximate surface area is 124 Å². The van der Waals surface area contributed by atoms with Gasteiger partial charge in [-0.05, 0) is 35.7 Å². The van der Waals surface area contributed by atoms with Gasteiger partial charge in [0.1, 0.15) is 5.75 Å². The zero-order valence-corrected chi connectivity index (χ0v) is 11.9. The van der Waals surface area contributed by atoms with E-state index in [9.17, 15) is 0 Å². The molecular formula is C18H15ClO. The number of hydrogen-bond acceptors (Lipinski definition) is 1. The first-order chi connectivity index (χ1) is 9.86. The van der Waals surface area contributed by atoms with Crippen molar-refractivity contribution < 1.29 is 4.74 Å². The minimum Gasteiger partial charge on any atom is -0.493 e. The Bertz CT molecular complexity index is 666. The van der Waals surface area contributed by atoms with E-state index in [1.807, 2.05) is 24.3 Å². The van der Waals surface area contributed by atoms with Gasteiger partial charge in [-0.2, -0.15) is 0 Å². The zero-order valence-electron chi connectivity index (χ0n) is 11.1. The molecule has 0 saturated heterocycles. The summed E-state index contributed by atoms with van der Waals surface area (Å²) in [7, 11) is 0. The van der Waals surface area contributed by atoms with E-state index in [1.165, 1.54) is 11.1 Å². The third-order valence-corrected chi connectivity index (χ3v) is 3.68. The molecule has 20 heavy (non-hydrogen) atoms. The highest BCUT2D eigenvalue weighted by molar-refractivity contribution is 6.19. The van der Waals surface area contributed by atoms with Crippen molar-refractivity contribution in [2.24, 2.45) is 0 Å². The Balaban J connectivity index is 1.62. The van der Waals surface area contributed by atoms with E-state index in [0.717, 1.165) is 24.3 Å².